The zero-order valence-corrected chi connectivity index (χ0v) is 17.0. The molecule has 0 saturated carbocycles. The van der Waals surface area contributed by atoms with Gasteiger partial charge in [0.05, 0.1) is 15.9 Å². The number of fused-ring (bicyclic) bond motifs is 2. The molecular weight excluding hydrogens is 374 g/mol. The molecule has 0 saturated heterocycles. The van der Waals surface area contributed by atoms with Crippen LogP contribution in [0, 0.1) is 0 Å². The molecule has 3 aromatic carbocycles. The van der Waals surface area contributed by atoms with E-state index >= 15 is 0 Å². The minimum absolute atomic E-state index is 0.730. The average molecular weight is 398 g/mol. The predicted octanol–water partition coefficient (Wildman–Crippen LogP) is 6.39. The topological polar surface area (TPSA) is 54.7 Å². The Hall–Kier alpha value is -2.95. The van der Waals surface area contributed by atoms with Crippen LogP contribution in [-0.4, -0.2) is 16.5 Å². The molecule has 5 rings (SSSR count). The molecule has 144 valence electrons. The van der Waals surface area contributed by atoms with Crippen LogP contribution in [0.1, 0.15) is 18.4 Å². The Kier molecular flexibility index (Phi) is 4.88. The third-order valence-electron chi connectivity index (χ3n) is 5.40. The molecule has 5 aromatic rings. The molecule has 0 bridgehead atoms. The van der Waals surface area contributed by atoms with Crippen LogP contribution in [-0.2, 0) is 6.42 Å². The van der Waals surface area contributed by atoms with Crippen molar-refractivity contribution in [1.29, 1.82) is 0 Å². The highest BCUT2D eigenvalue weighted by atomic mass is 32.1. The summed E-state index contributed by atoms with van der Waals surface area (Å²) in [7, 11) is 0. The molecule has 0 aliphatic heterocycles. The van der Waals surface area contributed by atoms with Gasteiger partial charge in [0.15, 0.2) is 0 Å². The van der Waals surface area contributed by atoms with Crippen molar-refractivity contribution in [2.45, 2.75) is 19.3 Å². The number of hydrogen-bond donors (Lipinski definition) is 2. The zero-order chi connectivity index (χ0) is 19.6. The van der Waals surface area contributed by atoms with Crippen LogP contribution < -0.4 is 5.73 Å². The van der Waals surface area contributed by atoms with Gasteiger partial charge >= 0.3 is 0 Å². The van der Waals surface area contributed by atoms with Crippen molar-refractivity contribution in [3.63, 3.8) is 0 Å². The van der Waals surface area contributed by atoms with Crippen LogP contribution in [0.15, 0.2) is 72.8 Å². The smallest absolute Gasteiger partial charge is 0.141 e. The van der Waals surface area contributed by atoms with Gasteiger partial charge in [0, 0.05) is 10.9 Å². The maximum absolute atomic E-state index is 5.76. The number of para-hydroxylation sites is 1. The number of nitrogens with one attached hydrogen (secondary N) is 1. The van der Waals surface area contributed by atoms with E-state index in [1.54, 1.807) is 11.3 Å². The van der Waals surface area contributed by atoms with Gasteiger partial charge in [0.2, 0.25) is 0 Å². The first-order chi connectivity index (χ1) is 14.3. The summed E-state index contributed by atoms with van der Waals surface area (Å²) < 4.78 is 1.22. The van der Waals surface area contributed by atoms with Crippen LogP contribution in [0.3, 0.4) is 0 Å². The fourth-order valence-electron chi connectivity index (χ4n) is 3.93. The molecule has 4 heteroatoms. The minimum Gasteiger partial charge on any atom is -0.352 e. The van der Waals surface area contributed by atoms with Gasteiger partial charge in [0.25, 0.3) is 0 Å². The number of benzene rings is 3. The van der Waals surface area contributed by atoms with E-state index in [0.29, 0.717) is 0 Å². The summed E-state index contributed by atoms with van der Waals surface area (Å²) in [5, 5.41) is 2.35. The van der Waals surface area contributed by atoms with Gasteiger partial charge in [-0.1, -0.05) is 48.5 Å². The van der Waals surface area contributed by atoms with Gasteiger partial charge in [-0.3, -0.25) is 0 Å². The summed E-state index contributed by atoms with van der Waals surface area (Å²) in [6, 6.07) is 25.6. The fraction of sp³-hybridized carbons (Fsp3) is 0.160. The second-order valence-corrected chi connectivity index (χ2v) is 8.37. The summed E-state index contributed by atoms with van der Waals surface area (Å²) in [6.07, 6.45) is 3.11. The second-order valence-electron chi connectivity index (χ2n) is 7.34. The summed E-state index contributed by atoms with van der Waals surface area (Å²) in [5.74, 6) is 0. The first kappa shape index (κ1) is 18.1. The minimum atomic E-state index is 0.730. The first-order valence-corrected chi connectivity index (χ1v) is 10.9. The quantitative estimate of drug-likeness (QED) is 0.326. The van der Waals surface area contributed by atoms with Crippen molar-refractivity contribution in [2.75, 3.05) is 6.54 Å². The molecule has 2 heterocycles. The largest absolute Gasteiger partial charge is 0.352 e. The van der Waals surface area contributed by atoms with Crippen LogP contribution in [0.5, 0.6) is 0 Å². The van der Waals surface area contributed by atoms with Gasteiger partial charge in [-0.15, -0.1) is 11.3 Å². The van der Waals surface area contributed by atoms with Crippen molar-refractivity contribution in [2.24, 2.45) is 5.73 Å². The van der Waals surface area contributed by atoms with Gasteiger partial charge in [0.1, 0.15) is 5.01 Å². The normalized spacial score (nSPS) is 11.5. The first-order valence-electron chi connectivity index (χ1n) is 10.1. The number of aromatic nitrogens is 2. The van der Waals surface area contributed by atoms with E-state index in [1.165, 1.54) is 32.3 Å². The summed E-state index contributed by atoms with van der Waals surface area (Å²) in [5.41, 5.74) is 13.0. The third kappa shape index (κ3) is 3.46. The lowest BCUT2D eigenvalue weighted by atomic mass is 9.99. The number of thiazole rings is 1. The molecule has 0 aliphatic carbocycles. The number of H-pyrrole nitrogens is 1. The molecule has 0 unspecified atom stereocenters. The number of aryl methyl sites for hydroxylation is 1. The Morgan fingerprint density at radius 1 is 0.862 bits per heavy atom. The van der Waals surface area contributed by atoms with Gasteiger partial charge in [-0.2, -0.15) is 0 Å². The number of unbranched alkanes of at least 4 members (excludes halogenated alkanes) is 1. The molecular formula is C25H23N3S. The highest BCUT2D eigenvalue weighted by Gasteiger charge is 2.17. The Bertz CT molecular complexity index is 1230. The van der Waals surface area contributed by atoms with Crippen molar-refractivity contribution >= 4 is 32.5 Å². The Morgan fingerprint density at radius 3 is 2.52 bits per heavy atom. The number of rotatable bonds is 6. The van der Waals surface area contributed by atoms with Gasteiger partial charge < -0.3 is 10.7 Å². The molecule has 0 radical (unpaired) electrons. The van der Waals surface area contributed by atoms with Crippen molar-refractivity contribution in [3.05, 3.63) is 78.4 Å². The number of nitrogens with zero attached hydrogens (tertiary/aromatic N) is 1. The van der Waals surface area contributed by atoms with E-state index in [0.717, 1.165) is 42.0 Å². The zero-order valence-electron chi connectivity index (χ0n) is 16.2. The fourth-order valence-corrected chi connectivity index (χ4v) is 4.92. The predicted molar refractivity (Wildman–Crippen MR) is 124 cm³/mol. The number of hydrogen-bond acceptors (Lipinski definition) is 3. The summed E-state index contributed by atoms with van der Waals surface area (Å²) in [6.45, 7) is 0.730. The number of aromatic amines is 1. The molecule has 3 nitrogen and oxygen atoms in total. The van der Waals surface area contributed by atoms with E-state index in [4.69, 9.17) is 10.7 Å². The van der Waals surface area contributed by atoms with Crippen LogP contribution in [0.4, 0.5) is 0 Å². The van der Waals surface area contributed by atoms with Crippen molar-refractivity contribution in [1.82, 2.24) is 9.97 Å². The highest BCUT2D eigenvalue weighted by Crippen LogP contribution is 2.37. The van der Waals surface area contributed by atoms with Crippen LogP contribution >= 0.6 is 11.3 Å². The molecule has 0 spiro atoms. The Morgan fingerprint density at radius 2 is 1.69 bits per heavy atom. The molecule has 29 heavy (non-hydrogen) atoms. The van der Waals surface area contributed by atoms with Gasteiger partial charge in [-0.25, -0.2) is 4.98 Å². The SMILES string of the molecule is NCCCCc1c(-c2nc3ccccc3s2)[nH]c2ccc(-c3ccccc3)cc12. The maximum atomic E-state index is 5.76. The second kappa shape index (κ2) is 7.82. The van der Waals surface area contributed by atoms with Gasteiger partial charge in [-0.05, 0) is 66.8 Å². The van der Waals surface area contributed by atoms with E-state index in [1.807, 2.05) is 6.07 Å². The number of nitrogens with two attached hydrogens (primary N) is 1. The molecule has 0 fully saturated rings. The van der Waals surface area contributed by atoms with E-state index in [-0.39, 0.29) is 0 Å². The molecule has 2 aromatic heterocycles. The summed E-state index contributed by atoms with van der Waals surface area (Å²) >= 11 is 1.75. The molecule has 0 amide bonds. The molecule has 3 N–H and O–H groups in total. The van der Waals surface area contributed by atoms with E-state index in [9.17, 15) is 0 Å². The highest BCUT2D eigenvalue weighted by molar-refractivity contribution is 7.21. The Labute approximate surface area is 174 Å². The van der Waals surface area contributed by atoms with Crippen LogP contribution in [0.2, 0.25) is 0 Å². The third-order valence-corrected chi connectivity index (χ3v) is 6.46. The van der Waals surface area contributed by atoms with Crippen LogP contribution in [0.25, 0.3) is 42.9 Å². The Balaban J connectivity index is 1.66. The summed E-state index contributed by atoms with van der Waals surface area (Å²) in [4.78, 5) is 8.57. The lowest BCUT2D eigenvalue weighted by molar-refractivity contribution is 0.748. The average Bonchev–Trinajstić information content (AvgIpc) is 3.35. The van der Waals surface area contributed by atoms with E-state index < -0.39 is 0 Å². The standard InChI is InChI=1S/C25H23N3S/c26-15-7-6-10-19-20-16-18(17-8-2-1-3-9-17)13-14-21(20)27-24(19)25-28-22-11-4-5-12-23(22)29-25/h1-5,8-9,11-14,16,27H,6-7,10,15,26H2. The maximum Gasteiger partial charge on any atom is 0.141 e. The molecule has 0 atom stereocenters. The lowest BCUT2D eigenvalue weighted by Crippen LogP contribution is -1.99. The van der Waals surface area contributed by atoms with E-state index in [2.05, 4.69) is 71.7 Å². The van der Waals surface area contributed by atoms with Crippen molar-refractivity contribution in [3.8, 4) is 21.8 Å². The lowest BCUT2D eigenvalue weighted by Gasteiger charge is -2.05. The monoisotopic (exact) mass is 397 g/mol. The molecule has 0 aliphatic rings. The van der Waals surface area contributed by atoms with Crippen molar-refractivity contribution < 1.29 is 0 Å².